The molecule has 0 unspecified atom stereocenters. The third-order valence-electron chi connectivity index (χ3n) is 3.11. The Hall–Kier alpha value is -1.98. The van der Waals surface area contributed by atoms with E-state index in [1.165, 1.54) is 0 Å². The fourth-order valence-electron chi connectivity index (χ4n) is 2.19. The maximum atomic E-state index is 11.9. The van der Waals surface area contributed by atoms with Crippen LogP contribution in [0.15, 0.2) is 20.8 Å². The number of azide groups is 1. The van der Waals surface area contributed by atoms with Gasteiger partial charge in [0.2, 0.25) is 0 Å². The minimum absolute atomic E-state index is 0.491. The molecule has 1 fully saturated rings. The summed E-state index contributed by atoms with van der Waals surface area (Å²) in [5, 5.41) is 22.9. The van der Waals surface area contributed by atoms with Crippen LogP contribution in [0.3, 0.4) is 0 Å². The van der Waals surface area contributed by atoms with E-state index < -0.39 is 55.4 Å². The molecule has 126 valence electrons. The van der Waals surface area contributed by atoms with Crippen molar-refractivity contribution in [1.29, 1.82) is 0 Å². The number of nitrogens with zero attached hydrogens (tertiary/aromatic N) is 4. The van der Waals surface area contributed by atoms with Crippen molar-refractivity contribution in [3.05, 3.63) is 37.3 Å². The van der Waals surface area contributed by atoms with Gasteiger partial charge in [-0.2, -0.15) is 0 Å². The van der Waals surface area contributed by atoms with Crippen LogP contribution >= 0.6 is 7.60 Å². The standard InChI is InChI=1S/C9H12N5O8P/c10-13-12-4-1-5(15)11-9(18)14(4)8-7(17)6(16)3(22-8)2-23(19,20)21/h1,3,6-8,16-17H,2H2,(H,11,15,18)(H2,19,20,21)/t3-,6-,7-,8-/m1/s1. The van der Waals surface area contributed by atoms with Crippen LogP contribution in [0.5, 0.6) is 0 Å². The Bertz CT molecular complexity index is 807. The van der Waals surface area contributed by atoms with Crippen LogP contribution in [0.4, 0.5) is 5.82 Å². The molecule has 5 N–H and O–H groups in total. The predicted octanol–water partition coefficient (Wildman–Crippen LogP) is -1.72. The van der Waals surface area contributed by atoms with Gasteiger partial charge in [-0.3, -0.25) is 18.9 Å². The maximum Gasteiger partial charge on any atom is 0.330 e. The highest BCUT2D eigenvalue weighted by molar-refractivity contribution is 7.51. The number of aromatic amines is 1. The second-order valence-electron chi connectivity index (χ2n) is 4.75. The van der Waals surface area contributed by atoms with E-state index in [1.807, 2.05) is 4.98 Å². The lowest BCUT2D eigenvalue weighted by atomic mass is 10.1. The molecule has 4 atom stereocenters. The number of rotatable bonds is 4. The second kappa shape index (κ2) is 6.26. The zero-order valence-corrected chi connectivity index (χ0v) is 12.1. The Balaban J connectivity index is 2.47. The molecule has 14 heteroatoms. The van der Waals surface area contributed by atoms with Gasteiger partial charge in [-0.1, -0.05) is 0 Å². The number of hydrogen-bond donors (Lipinski definition) is 5. The highest BCUT2D eigenvalue weighted by Gasteiger charge is 2.46. The molecule has 0 amide bonds. The first-order chi connectivity index (χ1) is 10.6. The molecule has 1 aromatic heterocycles. The second-order valence-corrected chi connectivity index (χ2v) is 6.44. The summed E-state index contributed by atoms with van der Waals surface area (Å²) in [5.74, 6) is -0.491. The average Bonchev–Trinajstić information content (AvgIpc) is 2.65. The Morgan fingerprint density at radius 3 is 2.61 bits per heavy atom. The smallest absolute Gasteiger partial charge is 0.330 e. The summed E-state index contributed by atoms with van der Waals surface area (Å²) in [6.07, 6.45) is -7.41. The van der Waals surface area contributed by atoms with Crippen LogP contribution in [-0.2, 0) is 9.30 Å². The molecule has 1 saturated heterocycles. The Labute approximate surface area is 126 Å². The molecule has 1 aliphatic heterocycles. The molecule has 1 aromatic rings. The van der Waals surface area contributed by atoms with E-state index in [4.69, 9.17) is 20.1 Å². The molecule has 2 rings (SSSR count). The van der Waals surface area contributed by atoms with E-state index >= 15 is 0 Å². The quantitative estimate of drug-likeness (QED) is 0.182. The van der Waals surface area contributed by atoms with Crippen molar-refractivity contribution in [2.24, 2.45) is 5.11 Å². The van der Waals surface area contributed by atoms with Crippen molar-refractivity contribution in [2.75, 3.05) is 6.16 Å². The number of aliphatic hydroxyl groups is 2. The third-order valence-corrected chi connectivity index (χ3v) is 3.95. The lowest BCUT2D eigenvalue weighted by Crippen LogP contribution is -2.37. The Morgan fingerprint density at radius 1 is 1.39 bits per heavy atom. The normalized spacial score (nSPS) is 27.7. The number of ether oxygens (including phenoxy) is 1. The lowest BCUT2D eigenvalue weighted by molar-refractivity contribution is -0.0339. The summed E-state index contributed by atoms with van der Waals surface area (Å²) < 4.78 is 16.7. The van der Waals surface area contributed by atoms with Crippen LogP contribution in [-0.4, -0.2) is 54.0 Å². The van der Waals surface area contributed by atoms with Crippen molar-refractivity contribution in [3.8, 4) is 0 Å². The number of H-pyrrole nitrogens is 1. The van der Waals surface area contributed by atoms with Crippen molar-refractivity contribution in [1.82, 2.24) is 9.55 Å². The van der Waals surface area contributed by atoms with Gasteiger partial charge in [0.25, 0.3) is 5.56 Å². The summed E-state index contributed by atoms with van der Waals surface area (Å²) in [7, 11) is -4.56. The van der Waals surface area contributed by atoms with Crippen LogP contribution < -0.4 is 11.2 Å². The van der Waals surface area contributed by atoms with Gasteiger partial charge < -0.3 is 24.7 Å². The first-order valence-electron chi connectivity index (χ1n) is 6.11. The van der Waals surface area contributed by atoms with Crippen LogP contribution in [0.25, 0.3) is 10.4 Å². The number of aromatic nitrogens is 2. The largest absolute Gasteiger partial charge is 0.387 e. The Morgan fingerprint density at radius 2 is 2.04 bits per heavy atom. The highest BCUT2D eigenvalue weighted by atomic mass is 31.2. The van der Waals surface area contributed by atoms with E-state index in [-0.39, 0.29) is 0 Å². The van der Waals surface area contributed by atoms with Crippen LogP contribution in [0.1, 0.15) is 6.23 Å². The highest BCUT2D eigenvalue weighted by Crippen LogP contribution is 2.41. The van der Waals surface area contributed by atoms with E-state index in [1.54, 1.807) is 0 Å². The minimum Gasteiger partial charge on any atom is -0.387 e. The summed E-state index contributed by atoms with van der Waals surface area (Å²) in [6.45, 7) is 0. The van der Waals surface area contributed by atoms with Gasteiger partial charge in [-0.25, -0.2) is 4.79 Å². The molecule has 13 nitrogen and oxygen atoms in total. The summed E-state index contributed by atoms with van der Waals surface area (Å²) in [5.41, 5.74) is 6.51. The molecule has 0 spiro atoms. The van der Waals surface area contributed by atoms with Gasteiger partial charge in [0.1, 0.15) is 24.1 Å². The van der Waals surface area contributed by atoms with Gasteiger partial charge in [-0.05, 0) is 10.6 Å². The van der Waals surface area contributed by atoms with Crippen LogP contribution in [0, 0.1) is 0 Å². The summed E-state index contributed by atoms with van der Waals surface area (Å²) in [6, 6.07) is 0.764. The minimum atomic E-state index is -4.56. The predicted molar refractivity (Wildman–Crippen MR) is 73.0 cm³/mol. The van der Waals surface area contributed by atoms with Crippen molar-refractivity contribution < 1.29 is 29.3 Å². The van der Waals surface area contributed by atoms with Crippen molar-refractivity contribution in [2.45, 2.75) is 24.5 Å². The van der Waals surface area contributed by atoms with E-state index in [0.717, 1.165) is 6.07 Å². The average molecular weight is 349 g/mol. The maximum absolute atomic E-state index is 11.9. The van der Waals surface area contributed by atoms with Gasteiger partial charge in [0.15, 0.2) is 6.23 Å². The van der Waals surface area contributed by atoms with E-state index in [0.29, 0.717) is 4.57 Å². The topological polar surface area (TPSA) is 211 Å². The first-order valence-corrected chi connectivity index (χ1v) is 7.91. The summed E-state index contributed by atoms with van der Waals surface area (Å²) >= 11 is 0. The molecule has 0 radical (unpaired) electrons. The molecular weight excluding hydrogens is 337 g/mol. The van der Waals surface area contributed by atoms with Crippen molar-refractivity contribution in [3.63, 3.8) is 0 Å². The molecule has 0 aliphatic carbocycles. The monoisotopic (exact) mass is 349 g/mol. The van der Waals surface area contributed by atoms with Crippen molar-refractivity contribution >= 4 is 13.4 Å². The summed E-state index contributed by atoms with van der Waals surface area (Å²) in [4.78, 5) is 45.2. The fourth-order valence-corrected chi connectivity index (χ4v) is 2.96. The van der Waals surface area contributed by atoms with Gasteiger partial charge in [0, 0.05) is 11.0 Å². The molecule has 1 aliphatic rings. The van der Waals surface area contributed by atoms with Gasteiger partial charge in [-0.15, -0.1) is 0 Å². The number of hydrogen-bond acceptors (Lipinski definition) is 7. The Kier molecular flexibility index (Phi) is 4.73. The molecular formula is C9H12N5O8P. The number of nitrogens with one attached hydrogen (secondary N) is 1. The molecule has 2 heterocycles. The first kappa shape index (κ1) is 17.4. The van der Waals surface area contributed by atoms with E-state index in [9.17, 15) is 24.4 Å². The fraction of sp³-hybridized carbons (Fsp3) is 0.556. The SMILES string of the molecule is [N-]=[N+]=Nc1cc(=O)[nH]c(=O)n1[C@@H]1O[C@H](CP(=O)(O)O)[C@@H](O)[C@H]1O. The zero-order valence-electron chi connectivity index (χ0n) is 11.3. The lowest BCUT2D eigenvalue weighted by Gasteiger charge is -2.19. The molecule has 23 heavy (non-hydrogen) atoms. The van der Waals surface area contributed by atoms with E-state index in [2.05, 4.69) is 10.0 Å². The molecule has 0 aromatic carbocycles. The molecule has 0 saturated carbocycles. The van der Waals surface area contributed by atoms with Gasteiger partial charge in [0.05, 0.1) is 6.16 Å². The van der Waals surface area contributed by atoms with Gasteiger partial charge >= 0.3 is 13.3 Å². The van der Waals surface area contributed by atoms with Crippen LogP contribution in [0.2, 0.25) is 0 Å². The number of aliphatic hydroxyl groups excluding tert-OH is 2. The molecule has 0 bridgehead atoms. The zero-order chi connectivity index (χ0) is 17.4. The third kappa shape index (κ3) is 3.68.